The third-order valence-electron chi connectivity index (χ3n) is 4.88. The van der Waals surface area contributed by atoms with Crippen molar-refractivity contribution in [2.75, 3.05) is 0 Å². The third kappa shape index (κ3) is 2.70. The first-order valence-corrected chi connectivity index (χ1v) is 8.88. The van der Waals surface area contributed by atoms with E-state index in [1.54, 1.807) is 0 Å². The summed E-state index contributed by atoms with van der Waals surface area (Å²) in [5.74, 6) is 6.68. The lowest BCUT2D eigenvalue weighted by Crippen LogP contribution is -1.92. The molecule has 0 bridgehead atoms. The number of hydrogen-bond donors (Lipinski definition) is 1. The molecule has 0 saturated heterocycles. The number of benzene rings is 2. The molecule has 4 aromatic rings. The van der Waals surface area contributed by atoms with Crippen LogP contribution in [0.15, 0.2) is 54.7 Å². The first-order chi connectivity index (χ1) is 12.7. The first-order valence-electron chi connectivity index (χ1n) is 8.88. The van der Waals surface area contributed by atoms with Crippen molar-refractivity contribution in [1.82, 2.24) is 14.8 Å². The normalized spacial score (nSPS) is 10.7. The third-order valence-corrected chi connectivity index (χ3v) is 4.88. The minimum absolute atomic E-state index is 0.952. The van der Waals surface area contributed by atoms with Gasteiger partial charge in [-0.2, -0.15) is 5.10 Å². The van der Waals surface area contributed by atoms with Crippen molar-refractivity contribution in [3.05, 3.63) is 77.2 Å². The lowest BCUT2D eigenvalue weighted by molar-refractivity contribution is 0.740. The van der Waals surface area contributed by atoms with Crippen molar-refractivity contribution in [2.45, 2.75) is 20.3 Å². The second kappa shape index (κ2) is 6.57. The summed E-state index contributed by atoms with van der Waals surface area (Å²) in [6.07, 6.45) is 2.78. The molecule has 4 rings (SSSR count). The molecule has 1 N–H and O–H groups in total. The van der Waals surface area contributed by atoms with Gasteiger partial charge in [-0.3, -0.25) is 4.68 Å². The van der Waals surface area contributed by atoms with Crippen molar-refractivity contribution in [2.24, 2.45) is 7.05 Å². The molecule has 0 fully saturated rings. The van der Waals surface area contributed by atoms with E-state index in [1.807, 2.05) is 24.9 Å². The summed E-state index contributed by atoms with van der Waals surface area (Å²) in [6.45, 7) is 4.22. The van der Waals surface area contributed by atoms with E-state index in [9.17, 15) is 0 Å². The molecule has 0 spiro atoms. The summed E-state index contributed by atoms with van der Waals surface area (Å²) < 4.78 is 1.85. The van der Waals surface area contributed by atoms with Crippen LogP contribution in [0, 0.1) is 18.8 Å². The fourth-order valence-corrected chi connectivity index (χ4v) is 3.35. The molecular formula is C23H21N3. The Morgan fingerprint density at radius 1 is 1.00 bits per heavy atom. The fraction of sp³-hybridized carbons (Fsp3) is 0.174. The van der Waals surface area contributed by atoms with E-state index in [1.165, 1.54) is 22.2 Å². The summed E-state index contributed by atoms with van der Waals surface area (Å²) >= 11 is 0. The summed E-state index contributed by atoms with van der Waals surface area (Å²) in [6, 6.07) is 16.8. The average molecular weight is 339 g/mol. The number of aryl methyl sites for hydroxylation is 2. The lowest BCUT2D eigenvalue weighted by atomic mass is 9.97. The highest BCUT2D eigenvalue weighted by Crippen LogP contribution is 2.34. The molecule has 2 aromatic carbocycles. The zero-order chi connectivity index (χ0) is 18.1. The number of hydrogen-bond acceptors (Lipinski definition) is 1. The second-order valence-corrected chi connectivity index (χ2v) is 6.44. The first kappa shape index (κ1) is 16.2. The molecule has 0 aliphatic rings. The van der Waals surface area contributed by atoms with E-state index in [2.05, 4.69) is 77.4 Å². The Labute approximate surface area is 153 Å². The largest absolute Gasteiger partial charge is 0.358 e. The number of nitrogens with zero attached hydrogens (tertiary/aromatic N) is 2. The summed E-state index contributed by atoms with van der Waals surface area (Å²) in [7, 11) is 1.94. The van der Waals surface area contributed by atoms with Crippen LogP contribution in [0.25, 0.3) is 22.0 Å². The van der Waals surface area contributed by atoms with Crippen molar-refractivity contribution in [3.8, 4) is 23.0 Å². The SMILES string of the molecule is CCc1[nH]c2cccc(C#Cc3cnn(C)c3C)c2c1-c1ccccc1. The smallest absolute Gasteiger partial charge is 0.0658 e. The van der Waals surface area contributed by atoms with Gasteiger partial charge in [-0.05, 0) is 31.0 Å². The van der Waals surface area contributed by atoms with Crippen molar-refractivity contribution in [1.29, 1.82) is 0 Å². The van der Waals surface area contributed by atoms with Gasteiger partial charge in [-0.25, -0.2) is 0 Å². The zero-order valence-corrected chi connectivity index (χ0v) is 15.3. The topological polar surface area (TPSA) is 33.6 Å². The maximum absolute atomic E-state index is 4.28. The molecule has 0 unspecified atom stereocenters. The van der Waals surface area contributed by atoms with Crippen LogP contribution in [-0.2, 0) is 13.5 Å². The van der Waals surface area contributed by atoms with E-state index >= 15 is 0 Å². The second-order valence-electron chi connectivity index (χ2n) is 6.44. The van der Waals surface area contributed by atoms with Crippen LogP contribution in [0.1, 0.15) is 29.4 Å². The molecule has 3 nitrogen and oxygen atoms in total. The van der Waals surface area contributed by atoms with Crippen molar-refractivity contribution in [3.63, 3.8) is 0 Å². The van der Waals surface area contributed by atoms with E-state index in [-0.39, 0.29) is 0 Å². The highest BCUT2D eigenvalue weighted by atomic mass is 15.3. The molecular weight excluding hydrogens is 318 g/mol. The Bertz CT molecular complexity index is 1130. The molecule has 0 aliphatic carbocycles. The number of aromatic amines is 1. The van der Waals surface area contributed by atoms with Crippen LogP contribution in [0.2, 0.25) is 0 Å². The van der Waals surface area contributed by atoms with Gasteiger partial charge in [0, 0.05) is 34.8 Å². The van der Waals surface area contributed by atoms with Gasteiger partial charge < -0.3 is 4.98 Å². The number of H-pyrrole nitrogens is 1. The number of fused-ring (bicyclic) bond motifs is 1. The van der Waals surface area contributed by atoms with Crippen LogP contribution in [-0.4, -0.2) is 14.8 Å². The minimum Gasteiger partial charge on any atom is -0.358 e. The van der Waals surface area contributed by atoms with Crippen LogP contribution < -0.4 is 0 Å². The monoisotopic (exact) mass is 339 g/mol. The van der Waals surface area contributed by atoms with E-state index in [0.717, 1.165) is 28.8 Å². The van der Waals surface area contributed by atoms with Gasteiger partial charge in [0.2, 0.25) is 0 Å². The van der Waals surface area contributed by atoms with Crippen molar-refractivity contribution < 1.29 is 0 Å². The number of nitrogens with one attached hydrogen (secondary N) is 1. The van der Waals surface area contributed by atoms with Gasteiger partial charge in [-0.15, -0.1) is 0 Å². The molecule has 2 aromatic heterocycles. The lowest BCUT2D eigenvalue weighted by Gasteiger charge is -2.04. The Kier molecular flexibility index (Phi) is 4.10. The molecule has 26 heavy (non-hydrogen) atoms. The quantitative estimate of drug-likeness (QED) is 0.521. The molecule has 0 amide bonds. The highest BCUT2D eigenvalue weighted by molar-refractivity contribution is 6.01. The molecule has 0 aliphatic heterocycles. The van der Waals surface area contributed by atoms with Crippen molar-refractivity contribution >= 4 is 10.9 Å². The van der Waals surface area contributed by atoms with E-state index in [4.69, 9.17) is 0 Å². The Balaban J connectivity index is 1.94. The predicted octanol–water partition coefficient (Wildman–Crippen LogP) is 4.84. The molecule has 3 heteroatoms. The Hall–Kier alpha value is -3.25. The molecule has 128 valence electrons. The Morgan fingerprint density at radius 2 is 1.77 bits per heavy atom. The predicted molar refractivity (Wildman–Crippen MR) is 107 cm³/mol. The van der Waals surface area contributed by atoms with Gasteiger partial charge in [0.15, 0.2) is 0 Å². The minimum atomic E-state index is 0.952. The standard InChI is InChI=1S/C23H21N3/c1-4-20-22(17-9-6-5-7-10-17)23-18(11-8-12-21(23)25-20)13-14-19-15-24-26(3)16(19)2/h5-12,15,25H,4H2,1-3H3. The van der Waals surface area contributed by atoms with Gasteiger partial charge in [-0.1, -0.05) is 55.2 Å². The van der Waals surface area contributed by atoms with E-state index in [0.29, 0.717) is 0 Å². The molecule has 0 radical (unpaired) electrons. The van der Waals surface area contributed by atoms with Gasteiger partial charge in [0.1, 0.15) is 0 Å². The molecule has 0 saturated carbocycles. The maximum Gasteiger partial charge on any atom is 0.0658 e. The fourth-order valence-electron chi connectivity index (χ4n) is 3.35. The maximum atomic E-state index is 4.28. The molecule has 2 heterocycles. The molecule has 0 atom stereocenters. The average Bonchev–Trinajstić information content (AvgIpc) is 3.21. The summed E-state index contributed by atoms with van der Waals surface area (Å²) in [4.78, 5) is 3.58. The van der Waals surface area contributed by atoms with Gasteiger partial charge in [0.25, 0.3) is 0 Å². The Morgan fingerprint density at radius 3 is 2.46 bits per heavy atom. The van der Waals surface area contributed by atoms with Gasteiger partial charge >= 0.3 is 0 Å². The summed E-state index contributed by atoms with van der Waals surface area (Å²) in [5.41, 5.74) is 7.96. The van der Waals surface area contributed by atoms with Crippen LogP contribution >= 0.6 is 0 Å². The van der Waals surface area contributed by atoms with Gasteiger partial charge in [0.05, 0.1) is 17.5 Å². The highest BCUT2D eigenvalue weighted by Gasteiger charge is 2.14. The van der Waals surface area contributed by atoms with Crippen LogP contribution in [0.5, 0.6) is 0 Å². The van der Waals surface area contributed by atoms with E-state index < -0.39 is 0 Å². The summed E-state index contributed by atoms with van der Waals surface area (Å²) in [5, 5.41) is 5.48. The number of aromatic nitrogens is 3. The van der Waals surface area contributed by atoms with Crippen LogP contribution in [0.3, 0.4) is 0 Å². The number of rotatable bonds is 2. The van der Waals surface area contributed by atoms with Crippen LogP contribution in [0.4, 0.5) is 0 Å². The zero-order valence-electron chi connectivity index (χ0n) is 15.3.